The van der Waals surface area contributed by atoms with Crippen LogP contribution in [0.25, 0.3) is 0 Å². The largest absolute Gasteiger partial charge is 0.330 e. The van der Waals surface area contributed by atoms with Crippen molar-refractivity contribution in [3.8, 4) is 0 Å². The molecule has 72 valence electrons. The van der Waals surface area contributed by atoms with E-state index in [0.29, 0.717) is 6.04 Å². The Labute approximate surface area is 78.9 Å². The van der Waals surface area contributed by atoms with Crippen molar-refractivity contribution >= 4 is 0 Å². The zero-order valence-electron chi connectivity index (χ0n) is 8.11. The second kappa shape index (κ2) is 3.50. The van der Waals surface area contributed by atoms with Crippen LogP contribution in [-0.4, -0.2) is 16.3 Å². The molecule has 13 heavy (non-hydrogen) atoms. The van der Waals surface area contributed by atoms with E-state index in [-0.39, 0.29) is 0 Å². The molecule has 0 aliphatic heterocycles. The Kier molecular flexibility index (Phi) is 2.36. The normalized spacial score (nSPS) is 18.9. The highest BCUT2D eigenvalue weighted by Crippen LogP contribution is 2.39. The van der Waals surface area contributed by atoms with E-state index in [1.54, 1.807) is 0 Å². The molecule has 1 fully saturated rings. The lowest BCUT2D eigenvalue weighted by Crippen LogP contribution is -2.11. The van der Waals surface area contributed by atoms with Crippen LogP contribution in [0.5, 0.6) is 0 Å². The maximum absolute atomic E-state index is 5.50. The van der Waals surface area contributed by atoms with E-state index in [4.69, 9.17) is 5.73 Å². The summed E-state index contributed by atoms with van der Waals surface area (Å²) in [5.74, 6) is 0.756. The van der Waals surface area contributed by atoms with Gasteiger partial charge in [0, 0.05) is 12.1 Å². The average Bonchev–Trinajstić information content (AvgIpc) is 2.84. The first-order valence-electron chi connectivity index (χ1n) is 5.06. The van der Waals surface area contributed by atoms with Gasteiger partial charge in [0.25, 0.3) is 0 Å². The molecule has 1 heterocycles. The van der Waals surface area contributed by atoms with Gasteiger partial charge in [-0.3, -0.25) is 4.68 Å². The monoisotopic (exact) mass is 179 g/mol. The smallest absolute Gasteiger partial charge is 0.0655 e. The van der Waals surface area contributed by atoms with Crippen molar-refractivity contribution in [2.45, 2.75) is 38.1 Å². The van der Waals surface area contributed by atoms with E-state index in [2.05, 4.69) is 24.3 Å². The summed E-state index contributed by atoms with van der Waals surface area (Å²) in [6.07, 6.45) is 5.73. The van der Waals surface area contributed by atoms with Crippen LogP contribution in [0.15, 0.2) is 12.3 Å². The summed E-state index contributed by atoms with van der Waals surface area (Å²) in [4.78, 5) is 0. The number of nitrogens with zero attached hydrogens (tertiary/aromatic N) is 2. The average molecular weight is 179 g/mol. The SMILES string of the molecule is CC(CCN)n1ccc(C2CC2)n1. The lowest BCUT2D eigenvalue weighted by Gasteiger charge is -2.09. The molecule has 0 aromatic carbocycles. The number of aromatic nitrogens is 2. The molecule has 0 bridgehead atoms. The Balaban J connectivity index is 2.03. The summed E-state index contributed by atoms with van der Waals surface area (Å²) in [6, 6.07) is 2.59. The quantitative estimate of drug-likeness (QED) is 0.764. The topological polar surface area (TPSA) is 43.8 Å². The fourth-order valence-electron chi connectivity index (χ4n) is 1.57. The molecule has 2 N–H and O–H groups in total. The minimum absolute atomic E-state index is 0.442. The predicted octanol–water partition coefficient (Wildman–Crippen LogP) is 1.67. The van der Waals surface area contributed by atoms with E-state index < -0.39 is 0 Å². The molecule has 0 radical (unpaired) electrons. The van der Waals surface area contributed by atoms with Crippen LogP contribution in [0.4, 0.5) is 0 Å². The van der Waals surface area contributed by atoms with E-state index in [0.717, 1.165) is 18.9 Å². The molecule has 0 spiro atoms. The van der Waals surface area contributed by atoms with Gasteiger partial charge in [-0.05, 0) is 38.8 Å². The fraction of sp³-hybridized carbons (Fsp3) is 0.700. The lowest BCUT2D eigenvalue weighted by molar-refractivity contribution is 0.461. The van der Waals surface area contributed by atoms with Crippen LogP contribution in [-0.2, 0) is 0 Å². The second-order valence-corrected chi connectivity index (χ2v) is 3.92. The third-order valence-corrected chi connectivity index (χ3v) is 2.66. The van der Waals surface area contributed by atoms with E-state index in [1.807, 2.05) is 4.68 Å². The molecule has 3 heteroatoms. The Morgan fingerprint density at radius 2 is 2.46 bits per heavy atom. The molecule has 0 saturated heterocycles. The van der Waals surface area contributed by atoms with Crippen LogP contribution >= 0.6 is 0 Å². The zero-order valence-corrected chi connectivity index (χ0v) is 8.11. The summed E-state index contributed by atoms with van der Waals surface area (Å²) >= 11 is 0. The molecular weight excluding hydrogens is 162 g/mol. The predicted molar refractivity (Wildman–Crippen MR) is 52.6 cm³/mol. The molecule has 1 aliphatic rings. The fourth-order valence-corrected chi connectivity index (χ4v) is 1.57. The third-order valence-electron chi connectivity index (χ3n) is 2.66. The van der Waals surface area contributed by atoms with Gasteiger partial charge in [-0.25, -0.2) is 0 Å². The first-order valence-corrected chi connectivity index (χ1v) is 5.06. The standard InChI is InChI=1S/C10H17N3/c1-8(4-6-11)13-7-5-10(12-13)9-2-3-9/h5,7-9H,2-4,6,11H2,1H3. The van der Waals surface area contributed by atoms with Crippen molar-refractivity contribution in [1.29, 1.82) is 0 Å². The highest BCUT2D eigenvalue weighted by atomic mass is 15.3. The van der Waals surface area contributed by atoms with Gasteiger partial charge in [-0.1, -0.05) is 0 Å². The number of hydrogen-bond donors (Lipinski definition) is 1. The molecule has 1 aromatic heterocycles. The van der Waals surface area contributed by atoms with Gasteiger partial charge in [0.15, 0.2) is 0 Å². The maximum atomic E-state index is 5.50. The number of rotatable bonds is 4. The van der Waals surface area contributed by atoms with Crippen LogP contribution in [0.3, 0.4) is 0 Å². The molecule has 2 rings (SSSR count). The van der Waals surface area contributed by atoms with Crippen LogP contribution in [0.1, 0.15) is 43.8 Å². The lowest BCUT2D eigenvalue weighted by atomic mass is 10.2. The van der Waals surface area contributed by atoms with Crippen LogP contribution in [0.2, 0.25) is 0 Å². The molecular formula is C10H17N3. The van der Waals surface area contributed by atoms with Gasteiger partial charge in [0.1, 0.15) is 0 Å². The first kappa shape index (κ1) is 8.75. The van der Waals surface area contributed by atoms with Crippen molar-refractivity contribution in [2.24, 2.45) is 5.73 Å². The zero-order chi connectivity index (χ0) is 9.26. The first-order chi connectivity index (χ1) is 6.31. The minimum atomic E-state index is 0.442. The Morgan fingerprint density at radius 3 is 3.08 bits per heavy atom. The summed E-state index contributed by atoms with van der Waals surface area (Å²) in [5.41, 5.74) is 6.77. The van der Waals surface area contributed by atoms with Gasteiger partial charge >= 0.3 is 0 Å². The van der Waals surface area contributed by atoms with Gasteiger partial charge in [-0.2, -0.15) is 5.10 Å². The molecule has 1 saturated carbocycles. The summed E-state index contributed by atoms with van der Waals surface area (Å²) in [7, 11) is 0. The molecule has 1 atom stereocenters. The highest BCUT2D eigenvalue weighted by Gasteiger charge is 2.26. The number of nitrogens with two attached hydrogens (primary N) is 1. The highest BCUT2D eigenvalue weighted by molar-refractivity contribution is 5.12. The summed E-state index contributed by atoms with van der Waals surface area (Å²) in [6.45, 7) is 2.90. The van der Waals surface area contributed by atoms with E-state index in [1.165, 1.54) is 18.5 Å². The summed E-state index contributed by atoms with van der Waals surface area (Å²) < 4.78 is 2.04. The van der Waals surface area contributed by atoms with Gasteiger partial charge in [0.2, 0.25) is 0 Å². The Morgan fingerprint density at radius 1 is 1.69 bits per heavy atom. The maximum Gasteiger partial charge on any atom is 0.0655 e. The van der Waals surface area contributed by atoms with Crippen molar-refractivity contribution in [3.63, 3.8) is 0 Å². The summed E-state index contributed by atoms with van der Waals surface area (Å²) in [5, 5.41) is 4.55. The molecule has 1 unspecified atom stereocenters. The van der Waals surface area contributed by atoms with Crippen molar-refractivity contribution in [1.82, 2.24) is 9.78 Å². The Hall–Kier alpha value is -0.830. The molecule has 0 amide bonds. The van der Waals surface area contributed by atoms with Crippen molar-refractivity contribution in [2.75, 3.05) is 6.54 Å². The Bertz CT molecular complexity index is 275. The van der Waals surface area contributed by atoms with Gasteiger partial charge < -0.3 is 5.73 Å². The van der Waals surface area contributed by atoms with E-state index >= 15 is 0 Å². The van der Waals surface area contributed by atoms with Gasteiger partial charge in [-0.15, -0.1) is 0 Å². The second-order valence-electron chi connectivity index (χ2n) is 3.92. The minimum Gasteiger partial charge on any atom is -0.330 e. The van der Waals surface area contributed by atoms with Crippen molar-refractivity contribution < 1.29 is 0 Å². The molecule has 1 aliphatic carbocycles. The van der Waals surface area contributed by atoms with Gasteiger partial charge in [0.05, 0.1) is 11.7 Å². The third kappa shape index (κ3) is 1.91. The number of hydrogen-bond acceptors (Lipinski definition) is 2. The van der Waals surface area contributed by atoms with Crippen LogP contribution in [0, 0.1) is 0 Å². The van der Waals surface area contributed by atoms with E-state index in [9.17, 15) is 0 Å². The molecule has 3 nitrogen and oxygen atoms in total. The molecule has 1 aromatic rings. The van der Waals surface area contributed by atoms with Crippen molar-refractivity contribution in [3.05, 3.63) is 18.0 Å². The van der Waals surface area contributed by atoms with Crippen LogP contribution < -0.4 is 5.73 Å².